The smallest absolute Gasteiger partial charge is 0.264 e. The van der Waals surface area contributed by atoms with Crippen LogP contribution in [0.3, 0.4) is 0 Å². The highest BCUT2D eigenvalue weighted by atomic mass is 32.2. The van der Waals surface area contributed by atoms with Crippen molar-refractivity contribution in [2.24, 2.45) is 0 Å². The maximum absolute atomic E-state index is 13.3. The minimum absolute atomic E-state index is 0.0181. The van der Waals surface area contributed by atoms with Crippen molar-refractivity contribution in [3.8, 4) is 0 Å². The summed E-state index contributed by atoms with van der Waals surface area (Å²) in [5.41, 5.74) is 1.62. The number of aryl methyl sites for hydroxylation is 1. The van der Waals surface area contributed by atoms with Gasteiger partial charge in [0.1, 0.15) is 0 Å². The summed E-state index contributed by atoms with van der Waals surface area (Å²) in [4.78, 5) is 2.41. The summed E-state index contributed by atoms with van der Waals surface area (Å²) in [6.07, 6.45) is 1.21. The van der Waals surface area contributed by atoms with E-state index in [1.54, 1.807) is 42.5 Å². The number of nitrogens with zero attached hydrogens (tertiary/aromatic N) is 2. The van der Waals surface area contributed by atoms with E-state index >= 15 is 0 Å². The molecule has 0 heterocycles. The van der Waals surface area contributed by atoms with Gasteiger partial charge in [-0.25, -0.2) is 8.42 Å². The van der Waals surface area contributed by atoms with Crippen LogP contribution in [0.15, 0.2) is 59.5 Å². The molecule has 1 atom stereocenters. The number of rotatable bonds is 11. The molecule has 0 aliphatic heterocycles. The van der Waals surface area contributed by atoms with E-state index in [0.717, 1.165) is 31.5 Å². The second kappa shape index (κ2) is 10.6. The van der Waals surface area contributed by atoms with E-state index < -0.39 is 16.1 Å². The van der Waals surface area contributed by atoms with Crippen LogP contribution in [-0.4, -0.2) is 50.7 Å². The molecule has 5 nitrogen and oxygen atoms in total. The van der Waals surface area contributed by atoms with Gasteiger partial charge in [0.2, 0.25) is 0 Å². The zero-order valence-corrected chi connectivity index (χ0v) is 17.9. The number of aliphatic hydroxyl groups is 1. The van der Waals surface area contributed by atoms with Crippen LogP contribution in [0.5, 0.6) is 0 Å². The number of aliphatic hydroxyl groups excluding tert-OH is 1. The maximum atomic E-state index is 13.3. The van der Waals surface area contributed by atoms with Crippen LogP contribution < -0.4 is 4.31 Å². The molecule has 6 heteroatoms. The summed E-state index contributed by atoms with van der Waals surface area (Å²) < 4.78 is 27.9. The Labute approximate surface area is 169 Å². The Morgan fingerprint density at radius 2 is 1.46 bits per heavy atom. The van der Waals surface area contributed by atoms with Crippen molar-refractivity contribution in [3.05, 3.63) is 60.2 Å². The highest BCUT2D eigenvalue weighted by Crippen LogP contribution is 2.24. The fourth-order valence-electron chi connectivity index (χ4n) is 3.25. The first-order chi connectivity index (χ1) is 13.4. The van der Waals surface area contributed by atoms with Crippen LogP contribution in [-0.2, 0) is 10.0 Å². The average Bonchev–Trinajstić information content (AvgIpc) is 2.68. The fourth-order valence-corrected chi connectivity index (χ4v) is 4.77. The SMILES string of the molecule is CCCN(CCC)CC(O)CN(c1ccc(C)cc1)S(=O)(=O)c1ccccc1. The van der Waals surface area contributed by atoms with Gasteiger partial charge in [-0.2, -0.15) is 0 Å². The lowest BCUT2D eigenvalue weighted by molar-refractivity contribution is 0.119. The highest BCUT2D eigenvalue weighted by molar-refractivity contribution is 7.92. The van der Waals surface area contributed by atoms with Crippen LogP contribution in [0.2, 0.25) is 0 Å². The molecule has 0 aliphatic rings. The molecule has 1 unspecified atom stereocenters. The molecule has 0 spiro atoms. The third-order valence-electron chi connectivity index (χ3n) is 4.58. The first-order valence-electron chi connectivity index (χ1n) is 9.93. The monoisotopic (exact) mass is 404 g/mol. The van der Waals surface area contributed by atoms with Crippen LogP contribution in [0.25, 0.3) is 0 Å². The second-order valence-corrected chi connectivity index (χ2v) is 9.00. The Hall–Kier alpha value is -1.89. The first kappa shape index (κ1) is 22.4. The third-order valence-corrected chi connectivity index (χ3v) is 6.39. The third kappa shape index (κ3) is 6.06. The Kier molecular flexibility index (Phi) is 8.48. The largest absolute Gasteiger partial charge is 0.390 e. The number of sulfonamides is 1. The predicted molar refractivity (Wildman–Crippen MR) is 115 cm³/mol. The topological polar surface area (TPSA) is 60.9 Å². The van der Waals surface area contributed by atoms with Gasteiger partial charge in [0.05, 0.1) is 23.2 Å². The number of hydrogen-bond acceptors (Lipinski definition) is 4. The van der Waals surface area contributed by atoms with Crippen LogP contribution in [0, 0.1) is 6.92 Å². The molecular weight excluding hydrogens is 372 g/mol. The van der Waals surface area contributed by atoms with Gasteiger partial charge in [0.15, 0.2) is 0 Å². The quantitative estimate of drug-likeness (QED) is 0.621. The molecule has 1 N–H and O–H groups in total. The summed E-state index contributed by atoms with van der Waals surface area (Å²) >= 11 is 0. The van der Waals surface area contributed by atoms with E-state index in [1.807, 2.05) is 19.1 Å². The van der Waals surface area contributed by atoms with Gasteiger partial charge in [-0.1, -0.05) is 49.7 Å². The molecule has 0 saturated carbocycles. The van der Waals surface area contributed by atoms with Crippen LogP contribution in [0.1, 0.15) is 32.3 Å². The van der Waals surface area contributed by atoms with E-state index in [2.05, 4.69) is 18.7 Å². The lowest BCUT2D eigenvalue weighted by Crippen LogP contribution is -2.43. The van der Waals surface area contributed by atoms with Gasteiger partial charge >= 0.3 is 0 Å². The van der Waals surface area contributed by atoms with E-state index in [0.29, 0.717) is 12.2 Å². The average molecular weight is 405 g/mol. The normalized spacial score (nSPS) is 12.9. The molecule has 0 amide bonds. The molecular formula is C22H32N2O3S. The number of anilines is 1. The lowest BCUT2D eigenvalue weighted by atomic mass is 10.2. The number of benzene rings is 2. The molecule has 2 rings (SSSR count). The summed E-state index contributed by atoms with van der Waals surface area (Å²) in [7, 11) is -3.77. The van der Waals surface area contributed by atoms with Gasteiger partial charge < -0.3 is 10.0 Å². The minimum atomic E-state index is -3.77. The molecule has 0 fully saturated rings. The molecule has 0 bridgehead atoms. The van der Waals surface area contributed by atoms with Gasteiger partial charge in [0.25, 0.3) is 10.0 Å². The Morgan fingerprint density at radius 1 is 0.893 bits per heavy atom. The van der Waals surface area contributed by atoms with Crippen LogP contribution >= 0.6 is 0 Å². The first-order valence-corrected chi connectivity index (χ1v) is 11.4. The summed E-state index contributed by atoms with van der Waals surface area (Å²) in [5, 5.41) is 10.7. The fraction of sp³-hybridized carbons (Fsp3) is 0.455. The molecule has 154 valence electrons. The molecule has 2 aromatic carbocycles. The summed E-state index contributed by atoms with van der Waals surface area (Å²) in [6, 6.07) is 15.7. The Balaban J connectivity index is 2.30. The zero-order chi connectivity index (χ0) is 20.6. The van der Waals surface area contributed by atoms with E-state index in [4.69, 9.17) is 0 Å². The number of hydrogen-bond donors (Lipinski definition) is 1. The van der Waals surface area contributed by atoms with Gasteiger partial charge in [-0.3, -0.25) is 4.31 Å². The molecule has 0 saturated heterocycles. The summed E-state index contributed by atoms with van der Waals surface area (Å²) in [5.74, 6) is 0. The van der Waals surface area contributed by atoms with Crippen molar-refractivity contribution in [2.45, 2.75) is 44.6 Å². The van der Waals surface area contributed by atoms with E-state index in [9.17, 15) is 13.5 Å². The van der Waals surface area contributed by atoms with Gasteiger partial charge in [-0.15, -0.1) is 0 Å². The van der Waals surface area contributed by atoms with Crippen molar-refractivity contribution < 1.29 is 13.5 Å². The highest BCUT2D eigenvalue weighted by Gasteiger charge is 2.27. The summed E-state index contributed by atoms with van der Waals surface area (Å²) in [6.45, 7) is 8.42. The molecule has 0 aromatic heterocycles. The molecule has 0 radical (unpaired) electrons. The maximum Gasteiger partial charge on any atom is 0.264 e. The van der Waals surface area contributed by atoms with Gasteiger partial charge in [0, 0.05) is 6.54 Å². The van der Waals surface area contributed by atoms with Crippen molar-refractivity contribution >= 4 is 15.7 Å². The lowest BCUT2D eigenvalue weighted by Gasteiger charge is -2.30. The van der Waals surface area contributed by atoms with Crippen molar-refractivity contribution in [1.29, 1.82) is 0 Å². The van der Waals surface area contributed by atoms with Gasteiger partial charge in [-0.05, 0) is 57.1 Å². The molecule has 28 heavy (non-hydrogen) atoms. The standard InChI is InChI=1S/C22H32N2O3S/c1-4-15-23(16-5-2)17-21(25)18-24(20-13-11-19(3)12-14-20)28(26,27)22-9-7-6-8-10-22/h6-14,21,25H,4-5,15-18H2,1-3H3. The van der Waals surface area contributed by atoms with Crippen LogP contribution in [0.4, 0.5) is 5.69 Å². The van der Waals surface area contributed by atoms with E-state index in [1.165, 1.54) is 4.31 Å². The van der Waals surface area contributed by atoms with E-state index in [-0.39, 0.29) is 11.4 Å². The second-order valence-electron chi connectivity index (χ2n) is 7.14. The van der Waals surface area contributed by atoms with Crippen molar-refractivity contribution in [2.75, 3.05) is 30.5 Å². The Bertz CT molecular complexity index is 801. The van der Waals surface area contributed by atoms with Crippen molar-refractivity contribution in [3.63, 3.8) is 0 Å². The minimum Gasteiger partial charge on any atom is -0.390 e. The predicted octanol–water partition coefficient (Wildman–Crippen LogP) is 3.67. The van der Waals surface area contributed by atoms with Crippen molar-refractivity contribution in [1.82, 2.24) is 4.90 Å². The molecule has 2 aromatic rings. The zero-order valence-electron chi connectivity index (χ0n) is 17.1. The Morgan fingerprint density at radius 3 is 2.00 bits per heavy atom. The molecule has 0 aliphatic carbocycles.